The summed E-state index contributed by atoms with van der Waals surface area (Å²) in [5.74, 6) is -2.42. The highest BCUT2D eigenvalue weighted by atomic mass is 28.4. The first-order valence-corrected chi connectivity index (χ1v) is 15.1. The summed E-state index contributed by atoms with van der Waals surface area (Å²) in [6.45, 7) is 10.9. The lowest BCUT2D eigenvalue weighted by Crippen LogP contribution is -2.41. The fourth-order valence-corrected chi connectivity index (χ4v) is 5.26. The molecule has 0 radical (unpaired) electrons. The van der Waals surface area contributed by atoms with E-state index >= 15 is 0 Å². The molecule has 1 unspecified atom stereocenters. The molecule has 38 heavy (non-hydrogen) atoms. The lowest BCUT2D eigenvalue weighted by Gasteiger charge is -2.36. The number of ketones is 2. The minimum atomic E-state index is -2.09. The minimum absolute atomic E-state index is 0.0228. The highest BCUT2D eigenvalue weighted by Gasteiger charge is 2.40. The zero-order valence-electron chi connectivity index (χ0n) is 22.7. The molecule has 0 saturated carbocycles. The molecule has 200 valence electrons. The molecular formula is C28H32N2O7Si. The van der Waals surface area contributed by atoms with Crippen LogP contribution in [0, 0.1) is 11.5 Å². The molecule has 3 rings (SSSR count). The van der Waals surface area contributed by atoms with Crippen molar-refractivity contribution >= 4 is 37.6 Å². The van der Waals surface area contributed by atoms with Crippen LogP contribution in [0.2, 0.25) is 18.1 Å². The lowest BCUT2D eigenvalue weighted by molar-refractivity contribution is -0.142. The summed E-state index contributed by atoms with van der Waals surface area (Å²) >= 11 is 0. The van der Waals surface area contributed by atoms with E-state index in [0.29, 0.717) is 10.5 Å². The molecule has 1 aliphatic rings. The van der Waals surface area contributed by atoms with Crippen molar-refractivity contribution in [2.24, 2.45) is 0 Å². The van der Waals surface area contributed by atoms with Gasteiger partial charge in [0.15, 0.2) is 26.1 Å². The zero-order chi connectivity index (χ0) is 28.4. The van der Waals surface area contributed by atoms with Crippen molar-refractivity contribution in [2.45, 2.75) is 51.2 Å². The molecule has 1 aliphatic carbocycles. The van der Waals surface area contributed by atoms with Crippen LogP contribution in [0.5, 0.6) is 0 Å². The lowest BCUT2D eigenvalue weighted by atomic mass is 9.78. The molecule has 2 aromatic carbocycles. The standard InChI is InChI=1S/C28H32N2O7Si/c1-28(2,3)38(6,7)37-15-14-18(26(33)35-4)17-10-8-11-19-22(17)24(31)20-12-9-13-21(23(20)25(19)32)30(16-29)27(34)36-5/h8-13,18H,14-15H2,1-7H3. The van der Waals surface area contributed by atoms with Crippen molar-refractivity contribution in [2.75, 3.05) is 25.7 Å². The molecule has 0 fully saturated rings. The third-order valence-electron chi connectivity index (χ3n) is 7.32. The van der Waals surface area contributed by atoms with Crippen LogP contribution >= 0.6 is 0 Å². The number of anilines is 1. The monoisotopic (exact) mass is 536 g/mol. The summed E-state index contributed by atoms with van der Waals surface area (Å²) in [6, 6.07) is 9.07. The van der Waals surface area contributed by atoms with Gasteiger partial charge in [0.2, 0.25) is 0 Å². The summed E-state index contributed by atoms with van der Waals surface area (Å²) in [5.41, 5.74) is 0.440. The quantitative estimate of drug-likeness (QED) is 0.175. The van der Waals surface area contributed by atoms with Gasteiger partial charge in [0.1, 0.15) is 0 Å². The maximum absolute atomic E-state index is 13.8. The fraction of sp³-hybridized carbons (Fsp3) is 0.393. The number of rotatable bonds is 7. The number of fused-ring (bicyclic) bond motifs is 2. The molecule has 0 aliphatic heterocycles. The van der Waals surface area contributed by atoms with Crippen molar-refractivity contribution in [3.63, 3.8) is 0 Å². The van der Waals surface area contributed by atoms with Gasteiger partial charge >= 0.3 is 12.1 Å². The van der Waals surface area contributed by atoms with E-state index in [1.165, 1.54) is 31.4 Å². The molecule has 0 spiro atoms. The number of esters is 1. The first kappa shape index (κ1) is 28.8. The Bertz CT molecular complexity index is 1340. The Balaban J connectivity index is 2.09. The van der Waals surface area contributed by atoms with Crippen LogP contribution in [0.1, 0.15) is 70.5 Å². The number of carbonyl (C=O) groups excluding carboxylic acids is 4. The molecule has 1 amide bonds. The van der Waals surface area contributed by atoms with Crippen LogP contribution in [-0.2, 0) is 18.7 Å². The summed E-state index contributed by atoms with van der Waals surface area (Å²) in [6.07, 6.45) is 0.966. The molecule has 2 aromatic rings. The SMILES string of the molecule is COC(=O)C(CCO[Si](C)(C)C(C)(C)C)c1cccc2c1C(=O)c1cccc(N(C#N)C(=O)OC)c1C2=O. The molecule has 0 aromatic heterocycles. The predicted octanol–water partition coefficient (Wildman–Crippen LogP) is 5.18. The number of carbonyl (C=O) groups is 4. The van der Waals surface area contributed by atoms with E-state index in [9.17, 15) is 24.4 Å². The minimum Gasteiger partial charge on any atom is -0.469 e. The highest BCUT2D eigenvalue weighted by Crippen LogP contribution is 2.39. The molecule has 0 heterocycles. The third kappa shape index (κ3) is 5.12. The van der Waals surface area contributed by atoms with E-state index in [0.717, 1.165) is 7.11 Å². The number of nitrogens with zero attached hydrogens (tertiary/aromatic N) is 2. The normalized spacial score (nSPS) is 13.6. The molecule has 9 nitrogen and oxygen atoms in total. The molecule has 0 saturated heterocycles. The average molecular weight is 537 g/mol. The summed E-state index contributed by atoms with van der Waals surface area (Å²) in [5, 5.41) is 9.52. The maximum Gasteiger partial charge on any atom is 0.427 e. The van der Waals surface area contributed by atoms with E-state index in [1.54, 1.807) is 18.3 Å². The van der Waals surface area contributed by atoms with Crippen molar-refractivity contribution in [1.82, 2.24) is 0 Å². The van der Waals surface area contributed by atoms with Crippen LogP contribution < -0.4 is 4.90 Å². The van der Waals surface area contributed by atoms with Crippen molar-refractivity contribution < 1.29 is 33.1 Å². The number of nitriles is 1. The second-order valence-corrected chi connectivity index (χ2v) is 15.3. The van der Waals surface area contributed by atoms with Gasteiger partial charge in [-0.25, -0.2) is 4.79 Å². The Hall–Kier alpha value is -3.81. The summed E-state index contributed by atoms with van der Waals surface area (Å²) in [7, 11) is 0.291. The van der Waals surface area contributed by atoms with Crippen LogP contribution in [0.3, 0.4) is 0 Å². The van der Waals surface area contributed by atoms with Gasteiger partial charge < -0.3 is 13.9 Å². The molecule has 1 atom stereocenters. The van der Waals surface area contributed by atoms with Gasteiger partial charge in [-0.05, 0) is 36.2 Å². The zero-order valence-corrected chi connectivity index (χ0v) is 23.7. The Morgan fingerprint density at radius 2 is 1.55 bits per heavy atom. The largest absolute Gasteiger partial charge is 0.469 e. The van der Waals surface area contributed by atoms with Crippen molar-refractivity contribution in [1.29, 1.82) is 5.26 Å². The molecular weight excluding hydrogens is 504 g/mol. The average Bonchev–Trinajstić information content (AvgIpc) is 2.88. The molecule has 0 bridgehead atoms. The van der Waals surface area contributed by atoms with E-state index < -0.39 is 37.9 Å². The van der Waals surface area contributed by atoms with Crippen molar-refractivity contribution in [3.05, 3.63) is 64.2 Å². The van der Waals surface area contributed by atoms with Gasteiger partial charge in [0.25, 0.3) is 0 Å². The highest BCUT2D eigenvalue weighted by molar-refractivity contribution is 6.74. The number of hydrogen-bond acceptors (Lipinski definition) is 8. The molecule has 0 N–H and O–H groups in total. The van der Waals surface area contributed by atoms with E-state index in [-0.39, 0.29) is 46.0 Å². The Kier molecular flexibility index (Phi) is 8.24. The Labute approximate surface area is 223 Å². The van der Waals surface area contributed by atoms with Gasteiger partial charge in [0.05, 0.1) is 31.4 Å². The van der Waals surface area contributed by atoms with Crippen molar-refractivity contribution in [3.8, 4) is 6.19 Å². The number of benzene rings is 2. The fourth-order valence-electron chi connectivity index (χ4n) is 4.20. The molecule has 10 heteroatoms. The summed E-state index contributed by atoms with van der Waals surface area (Å²) in [4.78, 5) is 53.2. The Morgan fingerprint density at radius 1 is 0.974 bits per heavy atom. The first-order valence-electron chi connectivity index (χ1n) is 12.2. The van der Waals surface area contributed by atoms with E-state index in [4.69, 9.17) is 9.16 Å². The van der Waals surface area contributed by atoms with Gasteiger partial charge in [-0.15, -0.1) is 0 Å². The van der Waals surface area contributed by atoms with E-state index in [2.05, 4.69) is 38.6 Å². The van der Waals surface area contributed by atoms with Crippen LogP contribution in [0.15, 0.2) is 36.4 Å². The number of ether oxygens (including phenoxy) is 2. The van der Waals surface area contributed by atoms with Gasteiger partial charge in [-0.2, -0.15) is 10.2 Å². The van der Waals surface area contributed by atoms with E-state index in [1.807, 2.05) is 0 Å². The summed E-state index contributed by atoms with van der Waals surface area (Å²) < 4.78 is 16.0. The smallest absolute Gasteiger partial charge is 0.427 e. The number of hydrogen-bond donors (Lipinski definition) is 0. The van der Waals surface area contributed by atoms with Crippen LogP contribution in [0.25, 0.3) is 0 Å². The predicted molar refractivity (Wildman–Crippen MR) is 143 cm³/mol. The topological polar surface area (TPSA) is 123 Å². The third-order valence-corrected chi connectivity index (χ3v) is 11.9. The van der Waals surface area contributed by atoms with Gasteiger partial charge in [0, 0.05) is 23.3 Å². The number of amides is 1. The van der Waals surface area contributed by atoms with Crippen LogP contribution in [-0.4, -0.2) is 52.8 Å². The Morgan fingerprint density at radius 3 is 2.11 bits per heavy atom. The van der Waals surface area contributed by atoms with Gasteiger partial charge in [-0.3, -0.25) is 14.4 Å². The first-order chi connectivity index (χ1) is 17.8. The number of methoxy groups -OCH3 is 2. The van der Waals surface area contributed by atoms with Crippen LogP contribution in [0.4, 0.5) is 10.5 Å². The second-order valence-electron chi connectivity index (χ2n) is 10.5. The maximum atomic E-state index is 13.8. The second kappa shape index (κ2) is 10.9. The van der Waals surface area contributed by atoms with Gasteiger partial charge in [-0.1, -0.05) is 51.1 Å².